The Labute approximate surface area is 92.0 Å². The highest BCUT2D eigenvalue weighted by Crippen LogP contribution is 2.50. The van der Waals surface area contributed by atoms with Crippen LogP contribution < -0.4 is 0 Å². The second-order valence-corrected chi connectivity index (χ2v) is 5.75. The molecule has 2 unspecified atom stereocenters. The van der Waals surface area contributed by atoms with Crippen molar-refractivity contribution in [2.75, 3.05) is 19.8 Å². The van der Waals surface area contributed by atoms with Gasteiger partial charge in [-0.1, -0.05) is 19.3 Å². The summed E-state index contributed by atoms with van der Waals surface area (Å²) in [5.41, 5.74) is 0. The molecule has 3 aliphatic rings. The summed E-state index contributed by atoms with van der Waals surface area (Å²) in [7, 11) is 0. The van der Waals surface area contributed by atoms with Crippen molar-refractivity contribution in [2.45, 2.75) is 32.1 Å². The topological polar surface area (TPSA) is 29.5 Å². The van der Waals surface area contributed by atoms with Crippen LogP contribution in [0.2, 0.25) is 0 Å². The molecule has 2 saturated carbocycles. The molecule has 3 rings (SSSR count). The van der Waals surface area contributed by atoms with Crippen molar-refractivity contribution < 1.29 is 9.84 Å². The van der Waals surface area contributed by atoms with Crippen LogP contribution in [0.25, 0.3) is 0 Å². The molecule has 2 aliphatic carbocycles. The van der Waals surface area contributed by atoms with Gasteiger partial charge in [-0.05, 0) is 42.4 Å². The first-order chi connectivity index (χ1) is 7.40. The van der Waals surface area contributed by atoms with Crippen LogP contribution in [-0.4, -0.2) is 24.9 Å². The molecule has 1 aliphatic heterocycles. The predicted octanol–water partition coefficient (Wildman–Crippen LogP) is 2.07. The maximum Gasteiger partial charge on any atom is 0.0501 e. The van der Waals surface area contributed by atoms with E-state index in [1.54, 1.807) is 0 Å². The monoisotopic (exact) mass is 210 g/mol. The SMILES string of the molecule is OC[C@H]1C2CCCCC2C[C@@H]2COC[C@@H]21. The number of hydrogen-bond acceptors (Lipinski definition) is 2. The molecule has 86 valence electrons. The summed E-state index contributed by atoms with van der Waals surface area (Å²) in [4.78, 5) is 0. The number of hydrogen-bond donors (Lipinski definition) is 1. The van der Waals surface area contributed by atoms with Gasteiger partial charge in [0, 0.05) is 13.2 Å². The van der Waals surface area contributed by atoms with Crippen molar-refractivity contribution in [3.63, 3.8) is 0 Å². The molecule has 0 amide bonds. The molecule has 0 aromatic rings. The maximum atomic E-state index is 9.62. The minimum Gasteiger partial charge on any atom is -0.396 e. The molecule has 2 heteroatoms. The molecule has 5 atom stereocenters. The smallest absolute Gasteiger partial charge is 0.0501 e. The fraction of sp³-hybridized carbons (Fsp3) is 1.00. The fourth-order valence-electron chi connectivity index (χ4n) is 4.40. The van der Waals surface area contributed by atoms with Gasteiger partial charge in [-0.25, -0.2) is 0 Å². The van der Waals surface area contributed by atoms with Crippen molar-refractivity contribution in [2.24, 2.45) is 29.6 Å². The molecule has 2 nitrogen and oxygen atoms in total. The Morgan fingerprint density at radius 1 is 1.00 bits per heavy atom. The highest BCUT2D eigenvalue weighted by Gasteiger charge is 2.46. The van der Waals surface area contributed by atoms with E-state index >= 15 is 0 Å². The summed E-state index contributed by atoms with van der Waals surface area (Å²) in [6, 6.07) is 0. The van der Waals surface area contributed by atoms with Crippen molar-refractivity contribution in [1.82, 2.24) is 0 Å². The average Bonchev–Trinajstić information content (AvgIpc) is 2.73. The molecule has 0 bridgehead atoms. The van der Waals surface area contributed by atoms with E-state index < -0.39 is 0 Å². The second kappa shape index (κ2) is 4.06. The van der Waals surface area contributed by atoms with Crippen molar-refractivity contribution in [3.05, 3.63) is 0 Å². The first kappa shape index (κ1) is 10.1. The summed E-state index contributed by atoms with van der Waals surface area (Å²) < 4.78 is 5.62. The first-order valence-electron chi connectivity index (χ1n) is 6.58. The van der Waals surface area contributed by atoms with Crippen LogP contribution in [0.3, 0.4) is 0 Å². The van der Waals surface area contributed by atoms with E-state index in [9.17, 15) is 5.11 Å². The van der Waals surface area contributed by atoms with Gasteiger partial charge < -0.3 is 9.84 Å². The minimum absolute atomic E-state index is 0.395. The van der Waals surface area contributed by atoms with E-state index in [0.29, 0.717) is 18.4 Å². The Balaban J connectivity index is 1.80. The van der Waals surface area contributed by atoms with Gasteiger partial charge in [0.2, 0.25) is 0 Å². The van der Waals surface area contributed by atoms with E-state index in [1.165, 1.54) is 32.1 Å². The summed E-state index contributed by atoms with van der Waals surface area (Å²) in [6.45, 7) is 2.27. The third kappa shape index (κ3) is 1.62. The molecule has 0 radical (unpaired) electrons. The van der Waals surface area contributed by atoms with E-state index in [0.717, 1.165) is 31.0 Å². The van der Waals surface area contributed by atoms with Crippen LogP contribution in [0.4, 0.5) is 0 Å². The van der Waals surface area contributed by atoms with E-state index in [-0.39, 0.29) is 0 Å². The Bertz CT molecular complexity index is 229. The Morgan fingerprint density at radius 2 is 1.87 bits per heavy atom. The third-order valence-electron chi connectivity index (χ3n) is 5.13. The van der Waals surface area contributed by atoms with Crippen LogP contribution in [0.5, 0.6) is 0 Å². The number of rotatable bonds is 1. The fourth-order valence-corrected chi connectivity index (χ4v) is 4.40. The Kier molecular flexibility index (Phi) is 2.73. The third-order valence-corrected chi connectivity index (χ3v) is 5.13. The predicted molar refractivity (Wildman–Crippen MR) is 58.4 cm³/mol. The highest BCUT2D eigenvalue weighted by molar-refractivity contribution is 4.95. The lowest BCUT2D eigenvalue weighted by Crippen LogP contribution is -2.42. The quantitative estimate of drug-likeness (QED) is 0.718. The highest BCUT2D eigenvalue weighted by atomic mass is 16.5. The van der Waals surface area contributed by atoms with E-state index in [1.807, 2.05) is 0 Å². The number of fused-ring (bicyclic) bond motifs is 2. The molecule has 1 saturated heterocycles. The minimum atomic E-state index is 0.395. The van der Waals surface area contributed by atoms with Crippen molar-refractivity contribution in [1.29, 1.82) is 0 Å². The molecule has 1 heterocycles. The maximum absolute atomic E-state index is 9.62. The lowest BCUT2D eigenvalue weighted by molar-refractivity contribution is -0.000920. The van der Waals surface area contributed by atoms with E-state index in [2.05, 4.69) is 0 Å². The molecule has 1 N–H and O–H groups in total. The lowest BCUT2D eigenvalue weighted by atomic mass is 9.59. The number of aliphatic hydroxyl groups is 1. The van der Waals surface area contributed by atoms with Crippen LogP contribution in [-0.2, 0) is 4.74 Å². The summed E-state index contributed by atoms with van der Waals surface area (Å²) in [5.74, 6) is 3.71. The lowest BCUT2D eigenvalue weighted by Gasteiger charge is -2.46. The molecule has 15 heavy (non-hydrogen) atoms. The van der Waals surface area contributed by atoms with Gasteiger partial charge in [0.1, 0.15) is 0 Å². The first-order valence-corrected chi connectivity index (χ1v) is 6.58. The van der Waals surface area contributed by atoms with Gasteiger partial charge in [0.15, 0.2) is 0 Å². The van der Waals surface area contributed by atoms with Gasteiger partial charge in [0.05, 0.1) is 6.61 Å². The molecular formula is C13H22O2. The Hall–Kier alpha value is -0.0800. The second-order valence-electron chi connectivity index (χ2n) is 5.75. The standard InChI is InChI=1S/C13H22O2/c14-6-12-11-4-2-1-3-9(11)5-10-7-15-8-13(10)12/h9-14H,1-8H2/t9?,10-,11?,12+,13+/m1/s1. The molecule has 3 fully saturated rings. The van der Waals surface area contributed by atoms with Gasteiger partial charge in [-0.3, -0.25) is 0 Å². The summed E-state index contributed by atoms with van der Waals surface area (Å²) >= 11 is 0. The van der Waals surface area contributed by atoms with Crippen LogP contribution >= 0.6 is 0 Å². The van der Waals surface area contributed by atoms with Crippen LogP contribution in [0.1, 0.15) is 32.1 Å². The van der Waals surface area contributed by atoms with Crippen molar-refractivity contribution in [3.8, 4) is 0 Å². The van der Waals surface area contributed by atoms with E-state index in [4.69, 9.17) is 4.74 Å². The number of aliphatic hydroxyl groups excluding tert-OH is 1. The van der Waals surface area contributed by atoms with Gasteiger partial charge in [0.25, 0.3) is 0 Å². The van der Waals surface area contributed by atoms with Crippen molar-refractivity contribution >= 4 is 0 Å². The van der Waals surface area contributed by atoms with Gasteiger partial charge >= 0.3 is 0 Å². The summed E-state index contributed by atoms with van der Waals surface area (Å²) in [6.07, 6.45) is 6.95. The largest absolute Gasteiger partial charge is 0.396 e. The average molecular weight is 210 g/mol. The zero-order valence-electron chi connectivity index (χ0n) is 9.40. The molecule has 0 aromatic heterocycles. The van der Waals surface area contributed by atoms with Gasteiger partial charge in [-0.2, -0.15) is 0 Å². The van der Waals surface area contributed by atoms with Gasteiger partial charge in [-0.15, -0.1) is 0 Å². The Morgan fingerprint density at radius 3 is 2.73 bits per heavy atom. The molecular weight excluding hydrogens is 188 g/mol. The number of ether oxygens (including phenoxy) is 1. The zero-order valence-corrected chi connectivity index (χ0v) is 9.40. The molecule has 0 spiro atoms. The normalized spacial score (nSPS) is 49.8. The molecule has 0 aromatic carbocycles. The zero-order chi connectivity index (χ0) is 10.3. The summed E-state index contributed by atoms with van der Waals surface area (Å²) in [5, 5.41) is 9.62. The van der Waals surface area contributed by atoms with Crippen LogP contribution in [0, 0.1) is 29.6 Å². The van der Waals surface area contributed by atoms with Crippen LogP contribution in [0.15, 0.2) is 0 Å².